The minimum atomic E-state index is -0.447. The lowest BCUT2D eigenvalue weighted by molar-refractivity contribution is -0.384. The molecule has 0 bridgehead atoms. The number of nitro groups is 1. The highest BCUT2D eigenvalue weighted by molar-refractivity contribution is 8.17. The second kappa shape index (κ2) is 8.55. The molecule has 0 radical (unpaired) electrons. The Morgan fingerprint density at radius 3 is 2.64 bits per heavy atom. The van der Waals surface area contributed by atoms with Gasteiger partial charge in [0.1, 0.15) is 6.61 Å². The van der Waals surface area contributed by atoms with Crippen molar-refractivity contribution in [2.75, 3.05) is 18.1 Å². The number of amides is 1. The third-order valence-electron chi connectivity index (χ3n) is 4.23. The molecule has 0 aliphatic carbocycles. The monoisotopic (exact) mass is 400 g/mol. The highest BCUT2D eigenvalue weighted by atomic mass is 32.2. The first-order valence-corrected chi connectivity index (χ1v) is 10.7. The molecule has 2 aliphatic rings. The first-order valence-electron chi connectivity index (χ1n) is 8.12. The molecular weight excluding hydrogens is 380 g/mol. The Bertz CT molecular complexity index is 622. The Labute approximate surface area is 160 Å². The van der Waals surface area contributed by atoms with Gasteiger partial charge in [0.15, 0.2) is 0 Å². The number of hydrogen-bond acceptors (Lipinski definition) is 7. The van der Waals surface area contributed by atoms with Gasteiger partial charge in [-0.15, -0.1) is 23.5 Å². The van der Waals surface area contributed by atoms with Crippen molar-refractivity contribution in [3.63, 3.8) is 0 Å². The number of nitrogens with zero attached hydrogens (tertiary/aromatic N) is 2. The lowest BCUT2D eigenvalue weighted by atomic mass is 10.2. The van der Waals surface area contributed by atoms with E-state index in [1.54, 1.807) is 17.0 Å². The fraction of sp³-hybridized carbons (Fsp3) is 0.562. The average Bonchev–Trinajstić information content (AvgIpc) is 3.02. The van der Waals surface area contributed by atoms with Crippen molar-refractivity contribution in [1.29, 1.82) is 0 Å². The van der Waals surface area contributed by atoms with Crippen LogP contribution >= 0.6 is 36.2 Å². The Hall–Kier alpha value is -1.06. The Kier molecular flexibility index (Phi) is 6.40. The van der Waals surface area contributed by atoms with Gasteiger partial charge in [0.2, 0.25) is 0 Å². The SMILES string of the molecule is O=C(OCc1ccc([N+](=O)[O-])cc1)N1C[C@@H](S)C[C@H]1C1SCCCS1. The van der Waals surface area contributed by atoms with Crippen LogP contribution in [0, 0.1) is 10.1 Å². The second-order valence-corrected chi connectivity index (χ2v) is 9.58. The van der Waals surface area contributed by atoms with Crippen LogP contribution in [0.5, 0.6) is 0 Å². The summed E-state index contributed by atoms with van der Waals surface area (Å²) in [5.41, 5.74) is 0.762. The molecule has 0 spiro atoms. The molecule has 0 aromatic heterocycles. The van der Waals surface area contributed by atoms with Gasteiger partial charge in [0, 0.05) is 23.9 Å². The Morgan fingerprint density at radius 1 is 1.32 bits per heavy atom. The van der Waals surface area contributed by atoms with Crippen LogP contribution in [0.2, 0.25) is 0 Å². The highest BCUT2D eigenvalue weighted by Gasteiger charge is 2.40. The van der Waals surface area contributed by atoms with Crippen molar-refractivity contribution in [3.05, 3.63) is 39.9 Å². The standard InChI is InChI=1S/C16H20N2O4S3/c19-16(22-10-11-2-4-12(5-3-11)18(20)21)17-9-13(23)8-14(17)15-24-6-1-7-25-15/h2-5,13-15,23H,1,6-10H2/t13-,14-/m0/s1. The lowest BCUT2D eigenvalue weighted by Gasteiger charge is -2.32. The lowest BCUT2D eigenvalue weighted by Crippen LogP contribution is -2.41. The average molecular weight is 401 g/mol. The van der Waals surface area contributed by atoms with Crippen LogP contribution in [0.25, 0.3) is 0 Å². The summed E-state index contributed by atoms with van der Waals surface area (Å²) in [5.74, 6) is 2.27. The summed E-state index contributed by atoms with van der Waals surface area (Å²) in [6.07, 6.45) is 1.78. The fourth-order valence-corrected chi connectivity index (χ4v) is 6.56. The summed E-state index contributed by atoms with van der Waals surface area (Å²) in [6.45, 7) is 0.715. The molecule has 136 valence electrons. The summed E-state index contributed by atoms with van der Waals surface area (Å²) in [7, 11) is 0. The molecule has 25 heavy (non-hydrogen) atoms. The van der Waals surface area contributed by atoms with Crippen LogP contribution in [0.3, 0.4) is 0 Å². The number of benzene rings is 1. The number of carbonyl (C=O) groups excluding carboxylic acids is 1. The Balaban J connectivity index is 1.58. The Morgan fingerprint density at radius 2 is 2.00 bits per heavy atom. The fourth-order valence-electron chi connectivity index (χ4n) is 2.98. The zero-order chi connectivity index (χ0) is 17.8. The van der Waals surface area contributed by atoms with Crippen molar-refractivity contribution >= 4 is 47.9 Å². The number of rotatable bonds is 4. The maximum atomic E-state index is 12.5. The van der Waals surface area contributed by atoms with Crippen LogP contribution in [-0.2, 0) is 11.3 Å². The molecule has 0 N–H and O–H groups in total. The summed E-state index contributed by atoms with van der Waals surface area (Å²) < 4.78 is 5.83. The predicted molar refractivity (Wildman–Crippen MR) is 104 cm³/mol. The van der Waals surface area contributed by atoms with Crippen molar-refractivity contribution < 1.29 is 14.5 Å². The van der Waals surface area contributed by atoms with Gasteiger partial charge >= 0.3 is 6.09 Å². The molecule has 9 heteroatoms. The number of thiol groups is 1. The number of likely N-dealkylation sites (tertiary alicyclic amines) is 1. The zero-order valence-electron chi connectivity index (χ0n) is 13.6. The molecule has 1 amide bonds. The van der Waals surface area contributed by atoms with E-state index in [4.69, 9.17) is 4.74 Å². The number of carbonyl (C=O) groups is 1. The molecule has 2 aliphatic heterocycles. The minimum Gasteiger partial charge on any atom is -0.445 e. The van der Waals surface area contributed by atoms with Crippen molar-refractivity contribution in [1.82, 2.24) is 4.90 Å². The van der Waals surface area contributed by atoms with Crippen LogP contribution in [0.15, 0.2) is 24.3 Å². The smallest absolute Gasteiger partial charge is 0.410 e. The summed E-state index contributed by atoms with van der Waals surface area (Å²) >= 11 is 8.40. The van der Waals surface area contributed by atoms with E-state index in [2.05, 4.69) is 12.6 Å². The first kappa shape index (κ1) is 18.7. The zero-order valence-corrected chi connectivity index (χ0v) is 16.1. The molecule has 3 rings (SSSR count). The van der Waals surface area contributed by atoms with E-state index in [0.717, 1.165) is 23.5 Å². The van der Waals surface area contributed by atoms with Gasteiger partial charge < -0.3 is 9.64 Å². The molecule has 0 saturated carbocycles. The molecule has 1 aromatic carbocycles. The number of hydrogen-bond donors (Lipinski definition) is 1. The van der Waals surface area contributed by atoms with Gasteiger partial charge in [0.05, 0.1) is 15.5 Å². The van der Waals surface area contributed by atoms with Crippen LogP contribution in [0.1, 0.15) is 18.4 Å². The van der Waals surface area contributed by atoms with Gasteiger partial charge in [-0.25, -0.2) is 4.79 Å². The van der Waals surface area contributed by atoms with Gasteiger partial charge in [0.25, 0.3) is 5.69 Å². The summed E-state index contributed by atoms with van der Waals surface area (Å²) in [5, 5.41) is 10.9. The number of nitro benzene ring substituents is 1. The molecule has 6 nitrogen and oxygen atoms in total. The van der Waals surface area contributed by atoms with Crippen LogP contribution in [0.4, 0.5) is 10.5 Å². The number of non-ortho nitro benzene ring substituents is 1. The van der Waals surface area contributed by atoms with Crippen LogP contribution in [-0.4, -0.2) is 49.8 Å². The summed E-state index contributed by atoms with van der Waals surface area (Å²) in [6, 6.07) is 6.21. The van der Waals surface area contributed by atoms with Gasteiger partial charge in [-0.05, 0) is 42.0 Å². The third kappa shape index (κ3) is 4.77. The van der Waals surface area contributed by atoms with Gasteiger partial charge in [-0.3, -0.25) is 10.1 Å². The number of thioether (sulfide) groups is 2. The molecular formula is C16H20N2O4S3. The maximum Gasteiger partial charge on any atom is 0.410 e. The van der Waals surface area contributed by atoms with E-state index in [-0.39, 0.29) is 29.7 Å². The minimum absolute atomic E-state index is 0.0268. The summed E-state index contributed by atoms with van der Waals surface area (Å²) in [4.78, 5) is 24.6. The third-order valence-corrected chi connectivity index (χ3v) is 7.76. The predicted octanol–water partition coefficient (Wildman–Crippen LogP) is 3.80. The molecule has 2 fully saturated rings. The molecule has 2 atom stereocenters. The van der Waals surface area contributed by atoms with Crippen molar-refractivity contribution in [2.24, 2.45) is 0 Å². The highest BCUT2D eigenvalue weighted by Crippen LogP contribution is 2.40. The molecule has 1 aromatic rings. The van der Waals surface area contributed by atoms with Gasteiger partial charge in [-0.1, -0.05) is 0 Å². The van der Waals surface area contributed by atoms with E-state index in [1.165, 1.54) is 18.6 Å². The molecule has 2 saturated heterocycles. The van der Waals surface area contributed by atoms with Crippen molar-refractivity contribution in [2.45, 2.75) is 35.3 Å². The maximum absolute atomic E-state index is 12.5. The van der Waals surface area contributed by atoms with Crippen LogP contribution < -0.4 is 0 Å². The second-order valence-electron chi connectivity index (χ2n) is 6.05. The van der Waals surface area contributed by atoms with E-state index in [0.29, 0.717) is 11.1 Å². The normalized spacial score (nSPS) is 24.3. The first-order chi connectivity index (χ1) is 12.0. The molecule has 0 unspecified atom stereocenters. The topological polar surface area (TPSA) is 72.7 Å². The van der Waals surface area contributed by atoms with E-state index in [9.17, 15) is 14.9 Å². The number of ether oxygens (including phenoxy) is 1. The van der Waals surface area contributed by atoms with Gasteiger partial charge in [-0.2, -0.15) is 12.6 Å². The quantitative estimate of drug-likeness (QED) is 0.471. The van der Waals surface area contributed by atoms with E-state index in [1.807, 2.05) is 23.5 Å². The molecule has 2 heterocycles. The van der Waals surface area contributed by atoms with E-state index < -0.39 is 4.92 Å². The van der Waals surface area contributed by atoms with Crippen molar-refractivity contribution in [3.8, 4) is 0 Å². The largest absolute Gasteiger partial charge is 0.445 e. The van der Waals surface area contributed by atoms with E-state index >= 15 is 0 Å².